The normalized spacial score (nSPS) is 15.1. The van der Waals surface area contributed by atoms with Gasteiger partial charge in [-0.3, -0.25) is 0 Å². The molecule has 1 fully saturated rings. The van der Waals surface area contributed by atoms with Crippen LogP contribution >= 0.6 is 43.5 Å². The molecule has 0 radical (unpaired) electrons. The standard InChI is InChI=1S/C12H10Br2ClN3/c13-7-1-4-9(10(14)5-7)12-17-16-11(6-15)18(12)8-2-3-8/h1,4-5,8H,2-3,6H2. The first kappa shape index (κ1) is 12.6. The highest BCUT2D eigenvalue weighted by atomic mass is 79.9. The molecule has 0 spiro atoms. The van der Waals surface area contributed by atoms with E-state index < -0.39 is 0 Å². The third kappa shape index (κ3) is 2.24. The number of aromatic nitrogens is 3. The van der Waals surface area contributed by atoms with E-state index in [0.717, 1.165) is 26.2 Å². The van der Waals surface area contributed by atoms with E-state index in [9.17, 15) is 0 Å². The molecule has 1 aromatic heterocycles. The van der Waals surface area contributed by atoms with Crippen molar-refractivity contribution in [1.82, 2.24) is 14.8 Å². The predicted molar refractivity (Wildman–Crippen MR) is 78.7 cm³/mol. The van der Waals surface area contributed by atoms with Gasteiger partial charge in [-0.25, -0.2) is 0 Å². The van der Waals surface area contributed by atoms with Crippen molar-refractivity contribution < 1.29 is 0 Å². The maximum Gasteiger partial charge on any atom is 0.165 e. The highest BCUT2D eigenvalue weighted by Crippen LogP contribution is 2.40. The van der Waals surface area contributed by atoms with Gasteiger partial charge >= 0.3 is 0 Å². The van der Waals surface area contributed by atoms with E-state index in [4.69, 9.17) is 11.6 Å². The fraction of sp³-hybridized carbons (Fsp3) is 0.333. The molecule has 2 aromatic rings. The number of nitrogens with zero attached hydrogens (tertiary/aromatic N) is 3. The molecule has 94 valence electrons. The Morgan fingerprint density at radius 1 is 1.28 bits per heavy atom. The van der Waals surface area contributed by atoms with Gasteiger partial charge in [-0.15, -0.1) is 21.8 Å². The summed E-state index contributed by atoms with van der Waals surface area (Å²) in [6.45, 7) is 0. The third-order valence-electron chi connectivity index (χ3n) is 2.97. The summed E-state index contributed by atoms with van der Waals surface area (Å²) in [4.78, 5) is 0. The second-order valence-corrected chi connectivity index (χ2v) is 6.34. The van der Waals surface area contributed by atoms with Gasteiger partial charge in [0.25, 0.3) is 0 Å². The molecule has 1 aliphatic rings. The monoisotopic (exact) mass is 389 g/mol. The molecular formula is C12H10Br2ClN3. The summed E-state index contributed by atoms with van der Waals surface area (Å²) in [5.41, 5.74) is 1.05. The SMILES string of the molecule is ClCc1nnc(-c2ccc(Br)cc2Br)n1C1CC1. The van der Waals surface area contributed by atoms with Crippen molar-refractivity contribution in [3.05, 3.63) is 33.0 Å². The average Bonchev–Trinajstić information content (AvgIpc) is 3.09. The first-order chi connectivity index (χ1) is 8.70. The molecule has 0 saturated heterocycles. The van der Waals surface area contributed by atoms with Crippen LogP contribution < -0.4 is 0 Å². The molecule has 0 amide bonds. The summed E-state index contributed by atoms with van der Waals surface area (Å²) in [5, 5.41) is 8.48. The molecule has 1 aliphatic carbocycles. The average molecular weight is 391 g/mol. The molecule has 1 saturated carbocycles. The van der Waals surface area contributed by atoms with Gasteiger partial charge in [0.15, 0.2) is 5.82 Å². The molecule has 1 aromatic carbocycles. The zero-order valence-corrected chi connectivity index (χ0v) is 13.3. The van der Waals surface area contributed by atoms with Crippen LogP contribution in [0, 0.1) is 0 Å². The zero-order valence-electron chi connectivity index (χ0n) is 9.41. The second kappa shape index (κ2) is 4.94. The van der Waals surface area contributed by atoms with Gasteiger partial charge in [0, 0.05) is 20.6 Å². The summed E-state index contributed by atoms with van der Waals surface area (Å²) in [5.74, 6) is 2.15. The van der Waals surface area contributed by atoms with E-state index in [1.54, 1.807) is 0 Å². The van der Waals surface area contributed by atoms with E-state index in [2.05, 4.69) is 46.6 Å². The Bertz CT molecular complexity index is 593. The van der Waals surface area contributed by atoms with E-state index in [0.29, 0.717) is 11.9 Å². The number of halogens is 3. The Morgan fingerprint density at radius 3 is 2.67 bits per heavy atom. The molecule has 0 aliphatic heterocycles. The molecular weight excluding hydrogens is 381 g/mol. The van der Waals surface area contributed by atoms with E-state index in [1.165, 1.54) is 12.8 Å². The molecule has 0 atom stereocenters. The van der Waals surface area contributed by atoms with Crippen LogP contribution in [0.5, 0.6) is 0 Å². The summed E-state index contributed by atoms with van der Waals surface area (Å²) in [6, 6.07) is 6.57. The lowest BCUT2D eigenvalue weighted by molar-refractivity contribution is 0.711. The molecule has 1 heterocycles. The quantitative estimate of drug-likeness (QED) is 0.719. The third-order valence-corrected chi connectivity index (χ3v) is 4.36. The number of benzene rings is 1. The number of hydrogen-bond donors (Lipinski definition) is 0. The molecule has 3 rings (SSSR count). The Kier molecular flexibility index (Phi) is 3.47. The minimum absolute atomic E-state index is 0.400. The van der Waals surface area contributed by atoms with Crippen LogP contribution in [0.15, 0.2) is 27.1 Å². The number of hydrogen-bond acceptors (Lipinski definition) is 2. The molecule has 3 nitrogen and oxygen atoms in total. The topological polar surface area (TPSA) is 30.7 Å². The van der Waals surface area contributed by atoms with Gasteiger partial charge in [0.1, 0.15) is 5.82 Å². The first-order valence-electron chi connectivity index (χ1n) is 5.66. The van der Waals surface area contributed by atoms with Gasteiger partial charge in [0.05, 0.1) is 5.88 Å². The zero-order chi connectivity index (χ0) is 12.7. The first-order valence-corrected chi connectivity index (χ1v) is 7.78. The van der Waals surface area contributed by atoms with Crippen LogP contribution in [0.2, 0.25) is 0 Å². The largest absolute Gasteiger partial charge is 0.307 e. The lowest BCUT2D eigenvalue weighted by atomic mass is 10.2. The van der Waals surface area contributed by atoms with E-state index in [1.807, 2.05) is 18.2 Å². The molecule has 0 bridgehead atoms. The van der Waals surface area contributed by atoms with Crippen LogP contribution in [-0.2, 0) is 5.88 Å². The van der Waals surface area contributed by atoms with Crippen molar-refractivity contribution in [1.29, 1.82) is 0 Å². The van der Waals surface area contributed by atoms with Gasteiger partial charge < -0.3 is 4.57 Å². The fourth-order valence-electron chi connectivity index (χ4n) is 1.99. The molecule has 18 heavy (non-hydrogen) atoms. The second-order valence-electron chi connectivity index (χ2n) is 4.30. The van der Waals surface area contributed by atoms with Crippen LogP contribution in [-0.4, -0.2) is 14.8 Å². The van der Waals surface area contributed by atoms with Gasteiger partial charge in [-0.1, -0.05) is 15.9 Å². The number of rotatable bonds is 3. The van der Waals surface area contributed by atoms with Crippen LogP contribution in [0.25, 0.3) is 11.4 Å². The smallest absolute Gasteiger partial charge is 0.165 e. The Hall–Kier alpha value is -0.390. The maximum absolute atomic E-state index is 5.93. The lowest BCUT2D eigenvalue weighted by Gasteiger charge is -2.09. The van der Waals surface area contributed by atoms with Crippen molar-refractivity contribution >= 4 is 43.5 Å². The van der Waals surface area contributed by atoms with Gasteiger partial charge in [-0.05, 0) is 47.0 Å². The summed E-state index contributed by atoms with van der Waals surface area (Å²) >= 11 is 13.0. The molecule has 0 unspecified atom stereocenters. The number of alkyl halides is 1. The van der Waals surface area contributed by atoms with Gasteiger partial charge in [0.2, 0.25) is 0 Å². The lowest BCUT2D eigenvalue weighted by Crippen LogP contribution is -2.02. The Balaban J connectivity index is 2.13. The maximum atomic E-state index is 5.93. The Morgan fingerprint density at radius 2 is 2.06 bits per heavy atom. The van der Waals surface area contributed by atoms with Crippen molar-refractivity contribution in [3.63, 3.8) is 0 Å². The van der Waals surface area contributed by atoms with E-state index >= 15 is 0 Å². The van der Waals surface area contributed by atoms with Gasteiger partial charge in [-0.2, -0.15) is 0 Å². The highest BCUT2D eigenvalue weighted by Gasteiger charge is 2.30. The minimum Gasteiger partial charge on any atom is -0.307 e. The van der Waals surface area contributed by atoms with Crippen LogP contribution in [0.1, 0.15) is 24.7 Å². The van der Waals surface area contributed by atoms with Crippen molar-refractivity contribution in [2.45, 2.75) is 24.8 Å². The summed E-state index contributed by atoms with van der Waals surface area (Å²) < 4.78 is 4.21. The highest BCUT2D eigenvalue weighted by molar-refractivity contribution is 9.11. The summed E-state index contributed by atoms with van der Waals surface area (Å²) in [7, 11) is 0. The Labute approximate surface area is 127 Å². The molecule has 6 heteroatoms. The van der Waals surface area contributed by atoms with Crippen molar-refractivity contribution in [2.75, 3.05) is 0 Å². The minimum atomic E-state index is 0.400. The van der Waals surface area contributed by atoms with Crippen molar-refractivity contribution in [2.24, 2.45) is 0 Å². The predicted octanol–water partition coefficient (Wildman–Crippen LogP) is 4.54. The molecule has 0 N–H and O–H groups in total. The van der Waals surface area contributed by atoms with Crippen LogP contribution in [0.3, 0.4) is 0 Å². The van der Waals surface area contributed by atoms with Crippen molar-refractivity contribution in [3.8, 4) is 11.4 Å². The van der Waals surface area contributed by atoms with Crippen LogP contribution in [0.4, 0.5) is 0 Å². The fourth-order valence-corrected chi connectivity index (χ4v) is 3.39. The van der Waals surface area contributed by atoms with E-state index in [-0.39, 0.29) is 0 Å². The summed E-state index contributed by atoms with van der Waals surface area (Å²) in [6.07, 6.45) is 2.37.